The van der Waals surface area contributed by atoms with Crippen LogP contribution in [0.15, 0.2) is 28.5 Å². The van der Waals surface area contributed by atoms with Gasteiger partial charge in [0.15, 0.2) is 0 Å². The van der Waals surface area contributed by atoms with E-state index in [1.807, 2.05) is 24.0 Å². The SMILES string of the molecule is CNC(C)c1ccc(Sc2nnnn2C2CCCC2)nc1. The lowest BCUT2D eigenvalue weighted by Gasteiger charge is -2.11. The maximum Gasteiger partial charge on any atom is 0.215 e. The third-order valence-electron chi connectivity index (χ3n) is 4.02. The van der Waals surface area contributed by atoms with Crippen LogP contribution in [0.4, 0.5) is 0 Å². The van der Waals surface area contributed by atoms with Crippen molar-refractivity contribution in [3.05, 3.63) is 23.9 Å². The third kappa shape index (κ3) is 3.24. The highest BCUT2D eigenvalue weighted by molar-refractivity contribution is 7.99. The molecule has 2 aromatic heterocycles. The highest BCUT2D eigenvalue weighted by Crippen LogP contribution is 2.33. The van der Waals surface area contributed by atoms with Crippen LogP contribution in [0.25, 0.3) is 0 Å². The maximum absolute atomic E-state index is 4.50. The molecule has 1 aliphatic carbocycles. The summed E-state index contributed by atoms with van der Waals surface area (Å²) < 4.78 is 1.96. The van der Waals surface area contributed by atoms with Crippen molar-refractivity contribution >= 4 is 11.8 Å². The number of pyridine rings is 1. The van der Waals surface area contributed by atoms with Crippen molar-refractivity contribution in [2.75, 3.05) is 7.05 Å². The summed E-state index contributed by atoms with van der Waals surface area (Å²) in [7, 11) is 1.95. The number of tetrazole rings is 1. The molecule has 0 saturated heterocycles. The normalized spacial score (nSPS) is 17.2. The summed E-state index contributed by atoms with van der Waals surface area (Å²) in [4.78, 5) is 4.50. The van der Waals surface area contributed by atoms with E-state index < -0.39 is 0 Å². The van der Waals surface area contributed by atoms with Gasteiger partial charge in [0.1, 0.15) is 5.03 Å². The van der Waals surface area contributed by atoms with E-state index in [4.69, 9.17) is 0 Å². The van der Waals surface area contributed by atoms with E-state index in [1.54, 1.807) is 0 Å². The van der Waals surface area contributed by atoms with E-state index in [1.165, 1.54) is 43.0 Å². The summed E-state index contributed by atoms with van der Waals surface area (Å²) in [6.07, 6.45) is 6.79. The molecule has 0 aromatic carbocycles. The first kappa shape index (κ1) is 14.5. The quantitative estimate of drug-likeness (QED) is 0.916. The number of nitrogens with zero attached hydrogens (tertiary/aromatic N) is 5. The highest BCUT2D eigenvalue weighted by atomic mass is 32.2. The first-order valence-electron chi connectivity index (χ1n) is 7.37. The Morgan fingerprint density at radius 3 is 2.81 bits per heavy atom. The largest absolute Gasteiger partial charge is 0.313 e. The van der Waals surface area contributed by atoms with Crippen molar-refractivity contribution in [3.63, 3.8) is 0 Å². The average molecular weight is 304 g/mol. The second-order valence-corrected chi connectivity index (χ2v) is 6.37. The van der Waals surface area contributed by atoms with Gasteiger partial charge >= 0.3 is 0 Å². The third-order valence-corrected chi connectivity index (χ3v) is 4.92. The topological polar surface area (TPSA) is 68.5 Å². The van der Waals surface area contributed by atoms with Crippen molar-refractivity contribution in [1.82, 2.24) is 30.5 Å². The molecule has 1 aliphatic rings. The number of nitrogens with one attached hydrogen (secondary N) is 1. The fraction of sp³-hybridized carbons (Fsp3) is 0.571. The molecule has 0 spiro atoms. The highest BCUT2D eigenvalue weighted by Gasteiger charge is 2.22. The molecule has 112 valence electrons. The van der Waals surface area contributed by atoms with Crippen molar-refractivity contribution in [1.29, 1.82) is 0 Å². The zero-order valence-electron chi connectivity index (χ0n) is 12.4. The molecule has 2 aromatic rings. The fourth-order valence-electron chi connectivity index (χ4n) is 2.60. The molecule has 3 rings (SSSR count). The minimum absolute atomic E-state index is 0.306. The lowest BCUT2D eigenvalue weighted by Crippen LogP contribution is -2.12. The zero-order chi connectivity index (χ0) is 14.7. The Morgan fingerprint density at radius 1 is 1.33 bits per heavy atom. The van der Waals surface area contributed by atoms with E-state index in [-0.39, 0.29) is 0 Å². The van der Waals surface area contributed by atoms with Crippen LogP contribution in [0, 0.1) is 0 Å². The van der Waals surface area contributed by atoms with Gasteiger partial charge in [-0.2, -0.15) is 0 Å². The molecular weight excluding hydrogens is 284 g/mol. The molecule has 0 radical (unpaired) electrons. The molecule has 0 aliphatic heterocycles. The van der Waals surface area contributed by atoms with E-state index in [0.29, 0.717) is 12.1 Å². The Bertz CT molecular complexity index is 575. The van der Waals surface area contributed by atoms with E-state index >= 15 is 0 Å². The number of hydrogen-bond acceptors (Lipinski definition) is 6. The van der Waals surface area contributed by atoms with Crippen LogP contribution in [-0.2, 0) is 0 Å². The molecule has 1 fully saturated rings. The van der Waals surface area contributed by atoms with Crippen LogP contribution in [0.3, 0.4) is 0 Å². The summed E-state index contributed by atoms with van der Waals surface area (Å²) in [6, 6.07) is 4.88. The van der Waals surface area contributed by atoms with Gasteiger partial charge in [0.2, 0.25) is 5.16 Å². The molecule has 1 saturated carbocycles. The van der Waals surface area contributed by atoms with E-state index in [9.17, 15) is 0 Å². The van der Waals surface area contributed by atoms with Crippen LogP contribution in [0.5, 0.6) is 0 Å². The summed E-state index contributed by atoms with van der Waals surface area (Å²) >= 11 is 1.53. The summed E-state index contributed by atoms with van der Waals surface area (Å²) in [5, 5.41) is 17.1. The smallest absolute Gasteiger partial charge is 0.215 e. The second kappa shape index (κ2) is 6.53. The molecule has 2 heterocycles. The van der Waals surface area contributed by atoms with Gasteiger partial charge in [-0.05, 0) is 60.6 Å². The van der Waals surface area contributed by atoms with Crippen molar-refractivity contribution < 1.29 is 0 Å². The molecule has 21 heavy (non-hydrogen) atoms. The Kier molecular flexibility index (Phi) is 4.50. The van der Waals surface area contributed by atoms with Gasteiger partial charge in [-0.25, -0.2) is 9.67 Å². The average Bonchev–Trinajstić information content (AvgIpc) is 3.18. The second-order valence-electron chi connectivity index (χ2n) is 5.39. The van der Waals surface area contributed by atoms with Crippen molar-refractivity contribution in [3.8, 4) is 0 Å². The Labute approximate surface area is 128 Å². The van der Waals surface area contributed by atoms with Crippen molar-refractivity contribution in [2.45, 2.75) is 54.9 Å². The Morgan fingerprint density at radius 2 is 2.14 bits per heavy atom. The van der Waals surface area contributed by atoms with Crippen LogP contribution < -0.4 is 5.32 Å². The minimum atomic E-state index is 0.306. The monoisotopic (exact) mass is 304 g/mol. The fourth-order valence-corrected chi connectivity index (χ4v) is 3.38. The first-order valence-corrected chi connectivity index (χ1v) is 8.18. The molecule has 7 heteroatoms. The number of rotatable bonds is 5. The Balaban J connectivity index is 1.73. The van der Waals surface area contributed by atoms with Crippen LogP contribution >= 0.6 is 11.8 Å². The van der Waals surface area contributed by atoms with Gasteiger partial charge < -0.3 is 5.32 Å². The van der Waals surface area contributed by atoms with E-state index in [2.05, 4.69) is 38.8 Å². The summed E-state index contributed by atoms with van der Waals surface area (Å²) in [5.41, 5.74) is 1.18. The van der Waals surface area contributed by atoms with Gasteiger partial charge in [-0.1, -0.05) is 18.9 Å². The minimum Gasteiger partial charge on any atom is -0.313 e. The molecule has 1 N–H and O–H groups in total. The molecule has 0 bridgehead atoms. The maximum atomic E-state index is 4.50. The standard InChI is InChI=1S/C14H20N6S/c1-10(15-2)11-7-8-13(16-9-11)21-14-17-18-19-20(14)12-5-3-4-6-12/h7-10,12,15H,3-6H2,1-2H3. The zero-order valence-corrected chi connectivity index (χ0v) is 13.2. The van der Waals surface area contributed by atoms with E-state index in [0.717, 1.165) is 10.2 Å². The predicted molar refractivity (Wildman–Crippen MR) is 81.2 cm³/mol. The first-order chi connectivity index (χ1) is 10.3. The number of hydrogen-bond donors (Lipinski definition) is 1. The van der Waals surface area contributed by atoms with Crippen LogP contribution in [0.2, 0.25) is 0 Å². The van der Waals surface area contributed by atoms with Gasteiger partial charge in [-0.15, -0.1) is 5.10 Å². The molecule has 1 unspecified atom stereocenters. The molecular formula is C14H20N6S. The van der Waals surface area contributed by atoms with Gasteiger partial charge in [-0.3, -0.25) is 0 Å². The number of aromatic nitrogens is 5. The van der Waals surface area contributed by atoms with Crippen LogP contribution in [-0.4, -0.2) is 32.2 Å². The van der Waals surface area contributed by atoms with Crippen LogP contribution in [0.1, 0.15) is 50.3 Å². The molecule has 1 atom stereocenters. The van der Waals surface area contributed by atoms with Gasteiger partial charge in [0.25, 0.3) is 0 Å². The van der Waals surface area contributed by atoms with Gasteiger partial charge in [0.05, 0.1) is 6.04 Å². The summed E-state index contributed by atoms with van der Waals surface area (Å²) in [5.74, 6) is 0. The molecule has 0 amide bonds. The van der Waals surface area contributed by atoms with Gasteiger partial charge in [0, 0.05) is 12.2 Å². The lowest BCUT2D eigenvalue weighted by molar-refractivity contribution is 0.423. The lowest BCUT2D eigenvalue weighted by atomic mass is 10.1. The molecule has 6 nitrogen and oxygen atoms in total. The predicted octanol–water partition coefficient (Wildman–Crippen LogP) is 2.61. The van der Waals surface area contributed by atoms with Crippen molar-refractivity contribution in [2.24, 2.45) is 0 Å². The summed E-state index contributed by atoms with van der Waals surface area (Å²) in [6.45, 7) is 2.12. The Hall–Kier alpha value is -1.47.